The summed E-state index contributed by atoms with van der Waals surface area (Å²) in [6.07, 6.45) is 8.35. The molecule has 1 aliphatic rings. The molecule has 0 aromatic heterocycles. The number of benzene rings is 1. The second-order valence-corrected chi connectivity index (χ2v) is 6.10. The molecule has 1 fully saturated rings. The summed E-state index contributed by atoms with van der Waals surface area (Å²) in [6.45, 7) is 3.18. The van der Waals surface area contributed by atoms with Crippen molar-refractivity contribution < 1.29 is 9.47 Å². The molecule has 0 unspecified atom stereocenters. The standard InChI is InChI=1S/C18H29NO2/c1-14(15-8-6-4-5-7-9-15)19-13-16-10-11-17(20-2)12-18(16)21-3/h10-12,14-15,19H,4-9,13H2,1-3H3/t14-/m0/s1. The van der Waals surface area contributed by atoms with Gasteiger partial charge in [0.1, 0.15) is 11.5 Å². The minimum atomic E-state index is 0.565. The molecule has 118 valence electrons. The van der Waals surface area contributed by atoms with Crippen molar-refractivity contribution in [2.24, 2.45) is 5.92 Å². The number of rotatable bonds is 6. The first-order valence-electron chi connectivity index (χ1n) is 8.19. The van der Waals surface area contributed by atoms with Gasteiger partial charge in [-0.3, -0.25) is 0 Å². The van der Waals surface area contributed by atoms with Crippen molar-refractivity contribution in [1.29, 1.82) is 0 Å². The zero-order chi connectivity index (χ0) is 15.1. The van der Waals surface area contributed by atoms with E-state index in [2.05, 4.69) is 18.3 Å². The van der Waals surface area contributed by atoms with Crippen LogP contribution in [-0.4, -0.2) is 20.3 Å². The lowest BCUT2D eigenvalue weighted by atomic mass is 9.93. The molecule has 1 aromatic rings. The fourth-order valence-corrected chi connectivity index (χ4v) is 3.25. The first kappa shape index (κ1) is 16.2. The Balaban J connectivity index is 1.92. The molecule has 1 saturated carbocycles. The number of hydrogen-bond acceptors (Lipinski definition) is 3. The van der Waals surface area contributed by atoms with E-state index in [-0.39, 0.29) is 0 Å². The fraction of sp³-hybridized carbons (Fsp3) is 0.667. The predicted octanol–water partition coefficient (Wildman–Crippen LogP) is 4.15. The normalized spacial score (nSPS) is 18.0. The van der Waals surface area contributed by atoms with Crippen LogP contribution >= 0.6 is 0 Å². The summed E-state index contributed by atoms with van der Waals surface area (Å²) in [7, 11) is 3.40. The van der Waals surface area contributed by atoms with Gasteiger partial charge in [-0.2, -0.15) is 0 Å². The lowest BCUT2D eigenvalue weighted by molar-refractivity contribution is 0.333. The average molecular weight is 291 g/mol. The highest BCUT2D eigenvalue weighted by Crippen LogP contribution is 2.27. The summed E-state index contributed by atoms with van der Waals surface area (Å²) in [5.41, 5.74) is 1.19. The molecule has 21 heavy (non-hydrogen) atoms. The third-order valence-electron chi connectivity index (χ3n) is 4.72. The van der Waals surface area contributed by atoms with E-state index in [4.69, 9.17) is 9.47 Å². The number of nitrogens with one attached hydrogen (secondary N) is 1. The topological polar surface area (TPSA) is 30.5 Å². The summed E-state index contributed by atoms with van der Waals surface area (Å²) in [6, 6.07) is 6.60. The van der Waals surface area contributed by atoms with Gasteiger partial charge in [0.2, 0.25) is 0 Å². The molecule has 1 N–H and O–H groups in total. The third kappa shape index (κ3) is 4.63. The Bertz CT molecular complexity index is 425. The van der Waals surface area contributed by atoms with E-state index in [0.29, 0.717) is 6.04 Å². The van der Waals surface area contributed by atoms with Gasteiger partial charge in [-0.05, 0) is 31.7 Å². The van der Waals surface area contributed by atoms with E-state index in [1.807, 2.05) is 12.1 Å². The molecule has 2 rings (SSSR count). The maximum absolute atomic E-state index is 5.47. The van der Waals surface area contributed by atoms with Crippen LogP contribution in [0.25, 0.3) is 0 Å². The molecule has 1 atom stereocenters. The quantitative estimate of drug-likeness (QED) is 0.799. The largest absolute Gasteiger partial charge is 0.497 e. The highest BCUT2D eigenvalue weighted by molar-refractivity contribution is 5.40. The Morgan fingerprint density at radius 2 is 1.81 bits per heavy atom. The van der Waals surface area contributed by atoms with Gasteiger partial charge in [0.05, 0.1) is 14.2 Å². The van der Waals surface area contributed by atoms with E-state index < -0.39 is 0 Å². The first-order valence-corrected chi connectivity index (χ1v) is 8.19. The number of methoxy groups -OCH3 is 2. The minimum Gasteiger partial charge on any atom is -0.497 e. The highest BCUT2D eigenvalue weighted by atomic mass is 16.5. The van der Waals surface area contributed by atoms with Gasteiger partial charge in [0.25, 0.3) is 0 Å². The third-order valence-corrected chi connectivity index (χ3v) is 4.72. The van der Waals surface area contributed by atoms with Gasteiger partial charge in [-0.1, -0.05) is 31.7 Å². The van der Waals surface area contributed by atoms with Crippen LogP contribution in [0.1, 0.15) is 51.0 Å². The van der Waals surface area contributed by atoms with E-state index in [1.54, 1.807) is 14.2 Å². The minimum absolute atomic E-state index is 0.565. The molecule has 1 aromatic carbocycles. The maximum atomic E-state index is 5.47. The second-order valence-electron chi connectivity index (χ2n) is 6.10. The van der Waals surface area contributed by atoms with Gasteiger partial charge < -0.3 is 14.8 Å². The van der Waals surface area contributed by atoms with E-state index in [0.717, 1.165) is 24.0 Å². The van der Waals surface area contributed by atoms with Crippen molar-refractivity contribution in [3.05, 3.63) is 23.8 Å². The molecule has 1 aliphatic carbocycles. The van der Waals surface area contributed by atoms with Gasteiger partial charge >= 0.3 is 0 Å². The summed E-state index contributed by atoms with van der Waals surface area (Å²) in [4.78, 5) is 0. The average Bonchev–Trinajstić information content (AvgIpc) is 2.81. The number of hydrogen-bond donors (Lipinski definition) is 1. The van der Waals surface area contributed by atoms with Crippen LogP contribution in [0.2, 0.25) is 0 Å². The zero-order valence-electron chi connectivity index (χ0n) is 13.7. The molecule has 0 spiro atoms. The summed E-state index contributed by atoms with van der Waals surface area (Å²) >= 11 is 0. The van der Waals surface area contributed by atoms with Crippen LogP contribution < -0.4 is 14.8 Å². The Kier molecular flexibility index (Phi) is 6.37. The first-order chi connectivity index (χ1) is 10.2. The summed E-state index contributed by atoms with van der Waals surface area (Å²) < 4.78 is 10.7. The lowest BCUT2D eigenvalue weighted by Crippen LogP contribution is -2.33. The van der Waals surface area contributed by atoms with Crippen LogP contribution in [-0.2, 0) is 6.54 Å². The van der Waals surface area contributed by atoms with E-state index in [9.17, 15) is 0 Å². The number of ether oxygens (including phenoxy) is 2. The molecule has 0 aliphatic heterocycles. The van der Waals surface area contributed by atoms with Gasteiger partial charge in [-0.15, -0.1) is 0 Å². The van der Waals surface area contributed by atoms with Crippen molar-refractivity contribution in [3.63, 3.8) is 0 Å². The molecule has 3 heteroatoms. The Morgan fingerprint density at radius 3 is 2.43 bits per heavy atom. The van der Waals surface area contributed by atoms with Crippen LogP contribution in [0.4, 0.5) is 0 Å². The monoisotopic (exact) mass is 291 g/mol. The molecular weight excluding hydrogens is 262 g/mol. The van der Waals surface area contributed by atoms with Crippen LogP contribution in [0.3, 0.4) is 0 Å². The molecule has 0 amide bonds. The molecular formula is C18H29NO2. The summed E-state index contributed by atoms with van der Waals surface area (Å²) in [5.74, 6) is 2.55. The van der Waals surface area contributed by atoms with Crippen LogP contribution in [0, 0.1) is 5.92 Å². The molecule has 0 saturated heterocycles. The van der Waals surface area contributed by atoms with Crippen LogP contribution in [0.15, 0.2) is 18.2 Å². The highest BCUT2D eigenvalue weighted by Gasteiger charge is 2.19. The smallest absolute Gasteiger partial charge is 0.127 e. The van der Waals surface area contributed by atoms with Crippen molar-refractivity contribution in [3.8, 4) is 11.5 Å². The maximum Gasteiger partial charge on any atom is 0.127 e. The van der Waals surface area contributed by atoms with Gasteiger partial charge in [-0.25, -0.2) is 0 Å². The molecule has 3 nitrogen and oxygen atoms in total. The van der Waals surface area contributed by atoms with E-state index >= 15 is 0 Å². The Hall–Kier alpha value is -1.22. The lowest BCUT2D eigenvalue weighted by Gasteiger charge is -2.24. The van der Waals surface area contributed by atoms with Crippen molar-refractivity contribution >= 4 is 0 Å². The van der Waals surface area contributed by atoms with E-state index in [1.165, 1.54) is 44.1 Å². The Labute approximate surface area is 129 Å². The van der Waals surface area contributed by atoms with Crippen molar-refractivity contribution in [1.82, 2.24) is 5.32 Å². The molecule has 0 bridgehead atoms. The predicted molar refractivity (Wildman–Crippen MR) is 87.0 cm³/mol. The fourth-order valence-electron chi connectivity index (χ4n) is 3.25. The van der Waals surface area contributed by atoms with Gasteiger partial charge in [0, 0.05) is 24.2 Å². The van der Waals surface area contributed by atoms with Crippen LogP contribution in [0.5, 0.6) is 11.5 Å². The summed E-state index contributed by atoms with van der Waals surface area (Å²) in [5, 5.41) is 3.69. The van der Waals surface area contributed by atoms with Gasteiger partial charge in [0.15, 0.2) is 0 Å². The van der Waals surface area contributed by atoms with Crippen molar-refractivity contribution in [2.45, 2.75) is 58.0 Å². The Morgan fingerprint density at radius 1 is 1.10 bits per heavy atom. The van der Waals surface area contributed by atoms with Crippen molar-refractivity contribution in [2.75, 3.05) is 14.2 Å². The molecule has 0 radical (unpaired) electrons. The second kappa shape index (κ2) is 8.28. The molecule has 0 heterocycles. The zero-order valence-corrected chi connectivity index (χ0v) is 13.7. The SMILES string of the molecule is COc1ccc(CN[C@@H](C)C2CCCCCC2)c(OC)c1.